The Morgan fingerprint density at radius 2 is 2.25 bits per heavy atom. The van der Waals surface area contributed by atoms with E-state index < -0.39 is 0 Å². The maximum Gasteiger partial charge on any atom is 0.238 e. The normalized spacial score (nSPS) is 18.9. The standard InChI is InChI=1S/C14H18N2O3S/c1-9(8-19-2)15-13(17)7-12-14(18)16-10-5-3-4-6-11(10)20-12/h3-6,9,12H,7-8H2,1-2H3,(H,15,17)(H,16,18)/t9-,12-/m1/s1. The van der Waals surface area contributed by atoms with Crippen LogP contribution < -0.4 is 10.6 Å². The van der Waals surface area contributed by atoms with E-state index in [1.54, 1.807) is 7.11 Å². The first kappa shape index (κ1) is 14.9. The fourth-order valence-electron chi connectivity index (χ4n) is 2.02. The first-order valence-electron chi connectivity index (χ1n) is 6.45. The van der Waals surface area contributed by atoms with Gasteiger partial charge in [-0.15, -0.1) is 11.8 Å². The van der Waals surface area contributed by atoms with Gasteiger partial charge >= 0.3 is 0 Å². The minimum atomic E-state index is -0.389. The van der Waals surface area contributed by atoms with Crippen LogP contribution in [-0.2, 0) is 14.3 Å². The Hall–Kier alpha value is -1.53. The predicted octanol–water partition coefficient (Wildman–Crippen LogP) is 1.64. The van der Waals surface area contributed by atoms with Crippen molar-refractivity contribution in [1.82, 2.24) is 5.32 Å². The second kappa shape index (κ2) is 6.76. The minimum Gasteiger partial charge on any atom is -0.383 e. The van der Waals surface area contributed by atoms with Crippen molar-refractivity contribution in [2.24, 2.45) is 0 Å². The van der Waals surface area contributed by atoms with E-state index in [9.17, 15) is 9.59 Å². The van der Waals surface area contributed by atoms with Crippen molar-refractivity contribution in [1.29, 1.82) is 0 Å². The molecule has 0 unspecified atom stereocenters. The highest BCUT2D eigenvalue weighted by molar-refractivity contribution is 8.01. The van der Waals surface area contributed by atoms with Gasteiger partial charge in [0.15, 0.2) is 0 Å². The molecule has 1 heterocycles. The van der Waals surface area contributed by atoms with Crippen LogP contribution in [0.1, 0.15) is 13.3 Å². The molecule has 0 fully saturated rings. The van der Waals surface area contributed by atoms with Gasteiger partial charge in [0, 0.05) is 24.5 Å². The van der Waals surface area contributed by atoms with Crippen molar-refractivity contribution >= 4 is 29.3 Å². The summed E-state index contributed by atoms with van der Waals surface area (Å²) in [5.74, 6) is -0.259. The molecule has 5 nitrogen and oxygen atoms in total. The summed E-state index contributed by atoms with van der Waals surface area (Å²) >= 11 is 1.43. The Balaban J connectivity index is 1.94. The number of carbonyl (C=O) groups is 2. The zero-order valence-electron chi connectivity index (χ0n) is 11.5. The summed E-state index contributed by atoms with van der Waals surface area (Å²) in [7, 11) is 1.59. The predicted molar refractivity (Wildman–Crippen MR) is 78.8 cm³/mol. The van der Waals surface area contributed by atoms with E-state index in [0.717, 1.165) is 10.6 Å². The van der Waals surface area contributed by atoms with Crippen LogP contribution in [0.3, 0.4) is 0 Å². The lowest BCUT2D eigenvalue weighted by Gasteiger charge is -2.24. The molecule has 0 saturated heterocycles. The van der Waals surface area contributed by atoms with E-state index in [0.29, 0.717) is 6.61 Å². The fourth-order valence-corrected chi connectivity index (χ4v) is 3.13. The summed E-state index contributed by atoms with van der Waals surface area (Å²) in [4.78, 5) is 24.9. The zero-order valence-corrected chi connectivity index (χ0v) is 12.3. The van der Waals surface area contributed by atoms with Crippen molar-refractivity contribution in [3.05, 3.63) is 24.3 Å². The van der Waals surface area contributed by atoms with E-state index in [1.807, 2.05) is 31.2 Å². The number of methoxy groups -OCH3 is 1. The highest BCUT2D eigenvalue weighted by atomic mass is 32.2. The maximum absolute atomic E-state index is 12.0. The van der Waals surface area contributed by atoms with Gasteiger partial charge in [0.1, 0.15) is 0 Å². The number of para-hydroxylation sites is 1. The summed E-state index contributed by atoms with van der Waals surface area (Å²) < 4.78 is 4.96. The van der Waals surface area contributed by atoms with E-state index in [2.05, 4.69) is 10.6 Å². The van der Waals surface area contributed by atoms with Crippen LogP contribution in [0.25, 0.3) is 0 Å². The molecule has 0 aromatic heterocycles. The topological polar surface area (TPSA) is 67.4 Å². The molecule has 0 bridgehead atoms. The molecule has 0 radical (unpaired) electrons. The molecule has 1 aliphatic rings. The second-order valence-electron chi connectivity index (χ2n) is 4.72. The number of rotatable bonds is 5. The first-order valence-corrected chi connectivity index (χ1v) is 7.33. The van der Waals surface area contributed by atoms with Gasteiger partial charge in [0.2, 0.25) is 11.8 Å². The van der Waals surface area contributed by atoms with Gasteiger partial charge in [-0.05, 0) is 19.1 Å². The average molecular weight is 294 g/mol. The summed E-state index contributed by atoms with van der Waals surface area (Å²) in [5.41, 5.74) is 0.812. The number of anilines is 1. The molecule has 2 N–H and O–H groups in total. The molecule has 108 valence electrons. The molecule has 2 rings (SSSR count). The Labute approximate surface area is 122 Å². The quantitative estimate of drug-likeness (QED) is 0.866. The Morgan fingerprint density at radius 3 is 3.00 bits per heavy atom. The van der Waals surface area contributed by atoms with Crippen LogP contribution >= 0.6 is 11.8 Å². The molecule has 2 atom stereocenters. The molecule has 0 aliphatic carbocycles. The van der Waals surface area contributed by atoms with Gasteiger partial charge in [-0.2, -0.15) is 0 Å². The number of amides is 2. The SMILES string of the molecule is COC[C@@H](C)NC(=O)C[C@H]1Sc2ccccc2NC1=O. The molecule has 0 spiro atoms. The van der Waals surface area contributed by atoms with Crippen LogP contribution in [0.2, 0.25) is 0 Å². The van der Waals surface area contributed by atoms with Crippen molar-refractivity contribution in [2.45, 2.75) is 29.5 Å². The molecule has 0 saturated carbocycles. The molecule has 2 amide bonds. The van der Waals surface area contributed by atoms with Crippen molar-refractivity contribution < 1.29 is 14.3 Å². The molecule has 1 aliphatic heterocycles. The third-order valence-corrected chi connectivity index (χ3v) is 4.18. The van der Waals surface area contributed by atoms with Crippen LogP contribution in [0.4, 0.5) is 5.69 Å². The number of thioether (sulfide) groups is 1. The van der Waals surface area contributed by atoms with Crippen molar-refractivity contribution in [2.75, 3.05) is 19.0 Å². The molecule has 20 heavy (non-hydrogen) atoms. The summed E-state index contributed by atoms with van der Waals surface area (Å²) in [6.07, 6.45) is 0.166. The summed E-state index contributed by atoms with van der Waals surface area (Å²) in [6, 6.07) is 7.53. The van der Waals surface area contributed by atoms with Gasteiger partial charge in [0.25, 0.3) is 0 Å². The van der Waals surface area contributed by atoms with Gasteiger partial charge < -0.3 is 15.4 Å². The number of nitrogens with one attached hydrogen (secondary N) is 2. The van der Waals surface area contributed by atoms with Gasteiger partial charge in [0.05, 0.1) is 17.5 Å². The van der Waals surface area contributed by atoms with Crippen LogP contribution in [0.5, 0.6) is 0 Å². The lowest BCUT2D eigenvalue weighted by Crippen LogP contribution is -2.39. The molecule has 1 aromatic rings. The van der Waals surface area contributed by atoms with E-state index >= 15 is 0 Å². The van der Waals surface area contributed by atoms with Crippen molar-refractivity contribution in [3.63, 3.8) is 0 Å². The fraction of sp³-hybridized carbons (Fsp3) is 0.429. The molecular formula is C14H18N2O3S. The Kier molecular flexibility index (Phi) is 5.03. The third kappa shape index (κ3) is 3.74. The number of carbonyl (C=O) groups excluding carboxylic acids is 2. The first-order chi connectivity index (χ1) is 9.60. The largest absolute Gasteiger partial charge is 0.383 e. The van der Waals surface area contributed by atoms with Crippen LogP contribution in [0.15, 0.2) is 29.2 Å². The lowest BCUT2D eigenvalue weighted by atomic mass is 10.2. The average Bonchev–Trinajstić information content (AvgIpc) is 2.39. The number of hydrogen-bond donors (Lipinski definition) is 2. The van der Waals surface area contributed by atoms with Crippen molar-refractivity contribution in [3.8, 4) is 0 Å². The highest BCUT2D eigenvalue weighted by Gasteiger charge is 2.28. The number of benzene rings is 1. The summed E-state index contributed by atoms with van der Waals surface area (Å²) in [6.45, 7) is 2.32. The zero-order chi connectivity index (χ0) is 14.5. The van der Waals surface area contributed by atoms with Crippen LogP contribution in [-0.4, -0.2) is 36.8 Å². The monoisotopic (exact) mass is 294 g/mol. The molecule has 6 heteroatoms. The van der Waals surface area contributed by atoms with Gasteiger partial charge in [-0.25, -0.2) is 0 Å². The summed E-state index contributed by atoms with van der Waals surface area (Å²) in [5, 5.41) is 5.26. The second-order valence-corrected chi connectivity index (χ2v) is 5.96. The Morgan fingerprint density at radius 1 is 1.50 bits per heavy atom. The lowest BCUT2D eigenvalue weighted by molar-refractivity contribution is -0.124. The highest BCUT2D eigenvalue weighted by Crippen LogP contribution is 2.36. The number of ether oxygens (including phenoxy) is 1. The van der Waals surface area contributed by atoms with Gasteiger partial charge in [-0.1, -0.05) is 12.1 Å². The van der Waals surface area contributed by atoms with Gasteiger partial charge in [-0.3, -0.25) is 9.59 Å². The molecule has 1 aromatic carbocycles. The maximum atomic E-state index is 12.0. The van der Waals surface area contributed by atoms with Crippen LogP contribution in [0, 0.1) is 0 Å². The number of fused-ring (bicyclic) bond motifs is 1. The smallest absolute Gasteiger partial charge is 0.238 e. The number of hydrogen-bond acceptors (Lipinski definition) is 4. The minimum absolute atomic E-state index is 0.0589. The van der Waals surface area contributed by atoms with E-state index in [1.165, 1.54) is 11.8 Å². The van der Waals surface area contributed by atoms with E-state index in [4.69, 9.17) is 4.74 Å². The third-order valence-electron chi connectivity index (χ3n) is 2.90. The Bertz CT molecular complexity index is 507. The molecular weight excluding hydrogens is 276 g/mol. The van der Waals surface area contributed by atoms with E-state index in [-0.39, 0.29) is 29.5 Å².